The van der Waals surface area contributed by atoms with Crippen molar-refractivity contribution in [2.24, 2.45) is 0 Å². The first-order valence-electron chi connectivity index (χ1n) is 12.1. The molecule has 0 unspecified atom stereocenters. The molecule has 0 heterocycles. The molecule has 0 atom stereocenters. The lowest BCUT2D eigenvalue weighted by molar-refractivity contribution is -0.137. The minimum Gasteiger partial charge on any atom is -0.494 e. The highest BCUT2D eigenvalue weighted by Gasteiger charge is 2.00. The van der Waals surface area contributed by atoms with Gasteiger partial charge in [-0.05, 0) is 46.4 Å². The van der Waals surface area contributed by atoms with Gasteiger partial charge in [0.05, 0.1) is 13.2 Å². The van der Waals surface area contributed by atoms with Crippen LogP contribution in [0, 0.1) is 0 Å². The van der Waals surface area contributed by atoms with Gasteiger partial charge in [0.1, 0.15) is 5.75 Å². The van der Waals surface area contributed by atoms with Crippen LogP contribution in [-0.4, -0.2) is 19.2 Å². The summed E-state index contributed by atoms with van der Waals surface area (Å²) in [5, 5.41) is 0. The molecule has 0 fully saturated rings. The van der Waals surface area contributed by atoms with E-state index in [2.05, 4.69) is 98.5 Å². The van der Waals surface area contributed by atoms with Gasteiger partial charge in [0.2, 0.25) is 0 Å². The number of carbonyl (C=O) groups excluding carboxylic acids is 1. The van der Waals surface area contributed by atoms with Crippen LogP contribution in [-0.2, 0) is 16.0 Å². The summed E-state index contributed by atoms with van der Waals surface area (Å²) in [4.78, 5) is 11.1. The topological polar surface area (TPSA) is 35.5 Å². The van der Waals surface area contributed by atoms with Crippen LogP contribution in [0.3, 0.4) is 0 Å². The highest BCUT2D eigenvalue weighted by Crippen LogP contribution is 2.23. The maximum Gasteiger partial charge on any atom is 0.330 e. The molecule has 0 radical (unpaired) electrons. The number of carbonyl (C=O) groups is 1. The molecule has 0 aliphatic rings. The van der Waals surface area contributed by atoms with E-state index in [1.165, 1.54) is 36.5 Å². The minimum atomic E-state index is -0.384. The lowest BCUT2D eigenvalue weighted by Crippen LogP contribution is -2.04. The van der Waals surface area contributed by atoms with Crippen LogP contribution in [0.4, 0.5) is 0 Å². The highest BCUT2D eigenvalue weighted by atomic mass is 16.5. The number of unbranched alkanes of at least 4 members (excludes halogenated alkanes) is 3. The molecular formula is C31H34O3. The van der Waals surface area contributed by atoms with Crippen LogP contribution in [0.5, 0.6) is 5.75 Å². The van der Waals surface area contributed by atoms with Crippen molar-refractivity contribution >= 4 is 18.1 Å². The van der Waals surface area contributed by atoms with Crippen molar-refractivity contribution in [3.63, 3.8) is 0 Å². The molecule has 0 aromatic heterocycles. The van der Waals surface area contributed by atoms with E-state index in [0.717, 1.165) is 35.5 Å². The van der Waals surface area contributed by atoms with E-state index < -0.39 is 0 Å². The lowest BCUT2D eigenvalue weighted by atomic mass is 10.0. The minimum absolute atomic E-state index is 0.362. The number of hydrogen-bond acceptors (Lipinski definition) is 3. The van der Waals surface area contributed by atoms with Crippen LogP contribution in [0.25, 0.3) is 23.3 Å². The Bertz CT molecular complexity index is 1050. The Morgan fingerprint density at radius 3 is 1.94 bits per heavy atom. The third kappa shape index (κ3) is 8.40. The van der Waals surface area contributed by atoms with Gasteiger partial charge in [-0.15, -0.1) is 0 Å². The SMILES string of the molecule is C=CC(=O)OCCc1ccc(/C=C/c2ccc(-c3ccc(OCCCCCC)cc3)cc2)cc1. The van der Waals surface area contributed by atoms with Crippen molar-refractivity contribution in [1.82, 2.24) is 0 Å². The van der Waals surface area contributed by atoms with E-state index >= 15 is 0 Å². The number of rotatable bonds is 13. The first-order chi connectivity index (χ1) is 16.7. The predicted octanol–water partition coefficient (Wildman–Crippen LogP) is 7.75. The first-order valence-corrected chi connectivity index (χ1v) is 12.1. The van der Waals surface area contributed by atoms with Crippen molar-refractivity contribution in [1.29, 1.82) is 0 Å². The molecular weight excluding hydrogens is 420 g/mol. The van der Waals surface area contributed by atoms with Gasteiger partial charge in [-0.2, -0.15) is 0 Å². The van der Waals surface area contributed by atoms with Crippen LogP contribution in [0.1, 0.15) is 49.3 Å². The summed E-state index contributed by atoms with van der Waals surface area (Å²) >= 11 is 0. The summed E-state index contributed by atoms with van der Waals surface area (Å²) in [6.07, 6.45) is 10.9. The molecule has 0 saturated heterocycles. The molecule has 3 rings (SSSR count). The molecule has 0 N–H and O–H groups in total. The summed E-state index contributed by atoms with van der Waals surface area (Å²) < 4.78 is 10.9. The van der Waals surface area contributed by atoms with Crippen LogP contribution in [0.2, 0.25) is 0 Å². The summed E-state index contributed by atoms with van der Waals surface area (Å²) in [6.45, 7) is 6.76. The van der Waals surface area contributed by atoms with Gasteiger partial charge in [-0.3, -0.25) is 0 Å². The average molecular weight is 455 g/mol. The molecule has 3 aromatic rings. The van der Waals surface area contributed by atoms with Crippen molar-refractivity contribution in [2.45, 2.75) is 39.0 Å². The number of hydrogen-bond donors (Lipinski definition) is 0. The van der Waals surface area contributed by atoms with E-state index in [1.54, 1.807) is 0 Å². The first kappa shape index (κ1) is 25.0. The standard InChI is InChI=1S/C31H34O3/c1-3-5-6-7-23-33-30-20-18-29(19-21-30)28-16-14-26(15-17-28)9-8-25-10-12-27(13-11-25)22-24-34-31(32)4-2/h4,8-21H,2-3,5-7,22-24H2,1H3/b9-8+. The Morgan fingerprint density at radius 2 is 1.35 bits per heavy atom. The van der Waals surface area contributed by atoms with Crippen LogP contribution in [0.15, 0.2) is 85.5 Å². The van der Waals surface area contributed by atoms with Crippen molar-refractivity contribution in [3.05, 3.63) is 102 Å². The predicted molar refractivity (Wildman–Crippen MR) is 142 cm³/mol. The normalized spacial score (nSPS) is 10.9. The van der Waals surface area contributed by atoms with Crippen LogP contribution >= 0.6 is 0 Å². The fourth-order valence-electron chi connectivity index (χ4n) is 3.57. The molecule has 0 bridgehead atoms. The van der Waals surface area contributed by atoms with Gasteiger partial charge in [0.15, 0.2) is 0 Å². The number of benzene rings is 3. The molecule has 3 nitrogen and oxygen atoms in total. The maximum absolute atomic E-state index is 11.1. The number of esters is 1. The summed E-state index contributed by atoms with van der Waals surface area (Å²) in [5.41, 5.74) is 5.78. The van der Waals surface area contributed by atoms with Crippen molar-refractivity contribution in [2.75, 3.05) is 13.2 Å². The van der Waals surface area contributed by atoms with Crippen molar-refractivity contribution in [3.8, 4) is 16.9 Å². The Kier molecular flexibility index (Phi) is 10.2. The van der Waals surface area contributed by atoms with Gasteiger partial charge in [-0.1, -0.05) is 106 Å². The third-order valence-corrected chi connectivity index (χ3v) is 5.61. The summed E-state index contributed by atoms with van der Waals surface area (Å²) in [5.74, 6) is 0.549. The maximum atomic E-state index is 11.1. The Balaban J connectivity index is 1.49. The second kappa shape index (κ2) is 13.8. The number of ether oxygens (including phenoxy) is 2. The van der Waals surface area contributed by atoms with E-state index in [-0.39, 0.29) is 5.97 Å². The molecule has 3 heteroatoms. The van der Waals surface area contributed by atoms with E-state index in [4.69, 9.17) is 9.47 Å². The second-order valence-corrected chi connectivity index (χ2v) is 8.25. The Morgan fingerprint density at radius 1 is 0.765 bits per heavy atom. The molecule has 34 heavy (non-hydrogen) atoms. The molecule has 0 amide bonds. The smallest absolute Gasteiger partial charge is 0.330 e. The molecule has 176 valence electrons. The average Bonchev–Trinajstić information content (AvgIpc) is 2.88. The summed E-state index contributed by atoms with van der Waals surface area (Å²) in [7, 11) is 0. The molecule has 0 saturated carbocycles. The van der Waals surface area contributed by atoms with Gasteiger partial charge >= 0.3 is 5.97 Å². The quantitative estimate of drug-likeness (QED) is 0.115. The zero-order valence-electron chi connectivity index (χ0n) is 20.0. The third-order valence-electron chi connectivity index (χ3n) is 5.61. The van der Waals surface area contributed by atoms with Crippen molar-refractivity contribution < 1.29 is 14.3 Å². The fraction of sp³-hybridized carbons (Fsp3) is 0.258. The largest absolute Gasteiger partial charge is 0.494 e. The lowest BCUT2D eigenvalue weighted by Gasteiger charge is -2.07. The highest BCUT2D eigenvalue weighted by molar-refractivity contribution is 5.81. The Labute approximate surface area is 203 Å². The fourth-order valence-corrected chi connectivity index (χ4v) is 3.57. The second-order valence-electron chi connectivity index (χ2n) is 8.25. The van der Waals surface area contributed by atoms with Gasteiger partial charge in [0, 0.05) is 12.5 Å². The van der Waals surface area contributed by atoms with E-state index in [9.17, 15) is 4.79 Å². The van der Waals surface area contributed by atoms with E-state index in [1.807, 2.05) is 0 Å². The molecule has 3 aromatic carbocycles. The monoisotopic (exact) mass is 454 g/mol. The molecule has 0 aliphatic carbocycles. The van der Waals surface area contributed by atoms with E-state index in [0.29, 0.717) is 13.0 Å². The van der Waals surface area contributed by atoms with Crippen LogP contribution < -0.4 is 4.74 Å². The zero-order valence-corrected chi connectivity index (χ0v) is 20.0. The van der Waals surface area contributed by atoms with Gasteiger partial charge in [0.25, 0.3) is 0 Å². The zero-order chi connectivity index (χ0) is 24.0. The van der Waals surface area contributed by atoms with Gasteiger partial charge in [-0.25, -0.2) is 4.79 Å². The Hall–Kier alpha value is -3.59. The summed E-state index contributed by atoms with van der Waals surface area (Å²) in [6, 6.07) is 25.2. The van der Waals surface area contributed by atoms with Gasteiger partial charge < -0.3 is 9.47 Å². The molecule has 0 spiro atoms. The molecule has 0 aliphatic heterocycles.